The van der Waals surface area contributed by atoms with Crippen molar-refractivity contribution < 1.29 is 28.8 Å². The van der Waals surface area contributed by atoms with E-state index >= 15 is 0 Å². The van der Waals surface area contributed by atoms with E-state index in [1.165, 1.54) is 18.6 Å². The fourth-order valence-corrected chi connectivity index (χ4v) is 9.47. The number of carbonyl (C=O) groups excluding carboxylic acids is 6. The van der Waals surface area contributed by atoms with Crippen molar-refractivity contribution in [2.45, 2.75) is 116 Å². The number of nitrogens with zero attached hydrogens (tertiary/aromatic N) is 4. The number of rotatable bonds is 11. The molecule has 2 aromatic heterocycles. The Bertz CT molecular complexity index is 1710. The molecule has 0 aromatic carbocycles. The van der Waals surface area contributed by atoms with Crippen molar-refractivity contribution in [3.05, 3.63) is 54.4 Å². The molecule has 2 saturated heterocycles. The maximum Gasteiger partial charge on any atom is 0.290 e. The molecule has 4 fully saturated rings. The Hall–Kier alpha value is -4.75. The van der Waals surface area contributed by atoms with Crippen LogP contribution in [0.1, 0.15) is 108 Å². The molecule has 284 valence electrons. The number of Topliss-reactive ketones (excluding diaryl/α,β-unsaturated/α-hetero) is 1. The van der Waals surface area contributed by atoms with Crippen LogP contribution in [-0.4, -0.2) is 85.9 Å². The van der Waals surface area contributed by atoms with Gasteiger partial charge in [-0.15, -0.1) is 0 Å². The van der Waals surface area contributed by atoms with Gasteiger partial charge in [0.2, 0.25) is 23.5 Å². The lowest BCUT2D eigenvalue weighted by Gasteiger charge is -2.48. The van der Waals surface area contributed by atoms with Gasteiger partial charge in [0.1, 0.15) is 29.9 Å². The Morgan fingerprint density at radius 2 is 1.68 bits per heavy atom. The average molecular weight is 729 g/mol. The zero-order valence-corrected chi connectivity index (χ0v) is 31.3. The molecule has 2 saturated carbocycles. The summed E-state index contributed by atoms with van der Waals surface area (Å²) < 4.78 is 0. The number of pyridine rings is 1. The Morgan fingerprint density at radius 3 is 2.32 bits per heavy atom. The van der Waals surface area contributed by atoms with Gasteiger partial charge in [0.25, 0.3) is 11.8 Å². The molecule has 0 radical (unpaired) electrons. The Morgan fingerprint density at radius 1 is 0.962 bits per heavy atom. The van der Waals surface area contributed by atoms with E-state index in [0.717, 1.165) is 37.7 Å². The minimum atomic E-state index is -1.03. The third-order valence-corrected chi connectivity index (χ3v) is 12.3. The van der Waals surface area contributed by atoms with Crippen molar-refractivity contribution in [3.8, 4) is 0 Å². The summed E-state index contributed by atoms with van der Waals surface area (Å²) in [7, 11) is 0. The molecule has 6 rings (SSSR count). The van der Waals surface area contributed by atoms with Gasteiger partial charge in [0.05, 0.1) is 12.2 Å². The highest BCUT2D eigenvalue weighted by atomic mass is 16.2. The number of amides is 5. The van der Waals surface area contributed by atoms with E-state index in [2.05, 4.69) is 36.2 Å². The van der Waals surface area contributed by atoms with Crippen LogP contribution in [0, 0.1) is 28.6 Å². The quantitative estimate of drug-likeness (QED) is 0.252. The molecular formula is C39H52N8O6. The van der Waals surface area contributed by atoms with Crippen LogP contribution in [0.5, 0.6) is 0 Å². The molecule has 2 aliphatic heterocycles. The summed E-state index contributed by atoms with van der Waals surface area (Å²) in [6.07, 6.45) is 13.7. The van der Waals surface area contributed by atoms with E-state index < -0.39 is 70.5 Å². The van der Waals surface area contributed by atoms with Crippen molar-refractivity contribution in [1.29, 1.82) is 0 Å². The second-order valence-corrected chi connectivity index (χ2v) is 16.4. The fourth-order valence-electron chi connectivity index (χ4n) is 9.47. The number of ketones is 1. The summed E-state index contributed by atoms with van der Waals surface area (Å²) in [6, 6.07) is -0.717. The number of hydrogen-bond acceptors (Lipinski definition) is 9. The molecule has 2 aliphatic carbocycles. The first kappa shape index (κ1) is 38.0. The van der Waals surface area contributed by atoms with Crippen LogP contribution >= 0.6 is 0 Å². The second-order valence-electron chi connectivity index (χ2n) is 16.4. The summed E-state index contributed by atoms with van der Waals surface area (Å²) in [5, 5.41) is 11.6. The van der Waals surface area contributed by atoms with Crippen LogP contribution in [0.2, 0.25) is 0 Å². The van der Waals surface area contributed by atoms with Gasteiger partial charge in [0.15, 0.2) is 0 Å². The van der Waals surface area contributed by atoms with Crippen LogP contribution in [0.15, 0.2) is 43.1 Å². The number of aromatic nitrogens is 3. The Kier molecular flexibility index (Phi) is 11.0. The van der Waals surface area contributed by atoms with E-state index in [1.807, 2.05) is 27.7 Å². The molecule has 8 atom stereocenters. The number of hydrogen-bond donors (Lipinski definition) is 4. The van der Waals surface area contributed by atoms with E-state index in [4.69, 9.17) is 0 Å². The maximum atomic E-state index is 14.7. The molecule has 0 bridgehead atoms. The minimum Gasteiger partial charge on any atom is -0.343 e. The van der Waals surface area contributed by atoms with E-state index in [-0.39, 0.29) is 29.4 Å². The first-order valence-electron chi connectivity index (χ1n) is 19.0. The highest BCUT2D eigenvalue weighted by molar-refractivity contribution is 6.39. The summed E-state index contributed by atoms with van der Waals surface area (Å²) >= 11 is 0. The molecule has 53 heavy (non-hydrogen) atoms. The average Bonchev–Trinajstić information content (AvgIpc) is 3.74. The number of carbonyl (C=O) groups is 6. The number of likely N-dealkylation sites (tertiary alicyclic amines) is 1. The molecule has 4 aliphatic rings. The van der Waals surface area contributed by atoms with Crippen LogP contribution in [0.25, 0.3) is 0 Å². The largest absolute Gasteiger partial charge is 0.343 e. The van der Waals surface area contributed by atoms with Gasteiger partial charge in [-0.3, -0.25) is 38.7 Å². The lowest BCUT2D eigenvalue weighted by atomic mass is 9.63. The highest BCUT2D eigenvalue weighted by Crippen LogP contribution is 2.59. The predicted octanol–water partition coefficient (Wildman–Crippen LogP) is 2.66. The zero-order valence-electron chi connectivity index (χ0n) is 31.3. The number of piperidine rings is 1. The van der Waals surface area contributed by atoms with Crippen LogP contribution < -0.4 is 21.3 Å². The highest BCUT2D eigenvalue weighted by Gasteiger charge is 2.67. The first-order valence-corrected chi connectivity index (χ1v) is 19.0. The predicted molar refractivity (Wildman–Crippen MR) is 193 cm³/mol. The van der Waals surface area contributed by atoms with Gasteiger partial charge in [0, 0.05) is 42.7 Å². The van der Waals surface area contributed by atoms with Crippen molar-refractivity contribution in [2.24, 2.45) is 28.6 Å². The van der Waals surface area contributed by atoms with Crippen molar-refractivity contribution in [2.75, 3.05) is 6.54 Å². The SMILES string of the molecule is CC[C@]12CC[C@H]3CN(C(=O)[C@@H](NC(=O)[C@@H](NC(=O)c4cnccn4)C4CCCCC4)C(C)(C)C)[C@H](C(=O)N[C@@H]1C(=O)C(=O)N[C@@H](C)c1ccncc1)[C@@H]32. The van der Waals surface area contributed by atoms with Crippen LogP contribution in [0.4, 0.5) is 0 Å². The molecule has 0 spiro atoms. The summed E-state index contributed by atoms with van der Waals surface area (Å²) in [4.78, 5) is 97.2. The van der Waals surface area contributed by atoms with Crippen LogP contribution in [-0.2, 0) is 24.0 Å². The van der Waals surface area contributed by atoms with Crippen molar-refractivity contribution in [3.63, 3.8) is 0 Å². The Balaban J connectivity index is 1.22. The van der Waals surface area contributed by atoms with Crippen molar-refractivity contribution >= 4 is 35.3 Å². The third-order valence-electron chi connectivity index (χ3n) is 12.3. The summed E-state index contributed by atoms with van der Waals surface area (Å²) in [6.45, 7) is 9.63. The van der Waals surface area contributed by atoms with Gasteiger partial charge in [-0.1, -0.05) is 47.0 Å². The van der Waals surface area contributed by atoms with Gasteiger partial charge >= 0.3 is 0 Å². The Labute approximate surface area is 310 Å². The maximum absolute atomic E-state index is 14.7. The summed E-state index contributed by atoms with van der Waals surface area (Å²) in [5.74, 6) is -3.81. The van der Waals surface area contributed by atoms with E-state index in [0.29, 0.717) is 25.8 Å². The normalized spacial score (nSPS) is 27.1. The fraction of sp³-hybridized carbons (Fsp3) is 0.615. The molecule has 5 amide bonds. The molecule has 4 heterocycles. The van der Waals surface area contributed by atoms with E-state index in [9.17, 15) is 28.8 Å². The van der Waals surface area contributed by atoms with Gasteiger partial charge in [-0.2, -0.15) is 0 Å². The van der Waals surface area contributed by atoms with Gasteiger partial charge < -0.3 is 26.2 Å². The zero-order chi connectivity index (χ0) is 38.1. The monoisotopic (exact) mass is 728 g/mol. The molecular weight excluding hydrogens is 676 g/mol. The standard InChI is InChI=1S/C39H52N8O6/c1-6-39-15-12-25-21-47(29(27(25)39)35(51)45-31(39)30(48)36(52)43-22(2)23-13-16-40-17-14-23)37(53)32(38(3,4)5)46-34(50)28(24-10-8-7-9-11-24)44-33(49)26-20-41-18-19-42-26/h13-14,16-20,22,24-25,27-29,31-32H,6-12,15,21H2,1-5H3,(H,43,52)(H,44,49)(H,45,51)(H,46,50)/t22-,25-,27+,28-,29-,31+,32+,39+/m0/s1. The topological polar surface area (TPSA) is 192 Å². The minimum absolute atomic E-state index is 0.0540. The lowest BCUT2D eigenvalue weighted by Crippen LogP contribution is -2.69. The van der Waals surface area contributed by atoms with Gasteiger partial charge in [-0.25, -0.2) is 4.98 Å². The molecule has 0 unspecified atom stereocenters. The molecule has 4 N–H and O–H groups in total. The van der Waals surface area contributed by atoms with Crippen molar-refractivity contribution in [1.82, 2.24) is 41.1 Å². The van der Waals surface area contributed by atoms with E-state index in [1.54, 1.807) is 36.4 Å². The molecule has 14 nitrogen and oxygen atoms in total. The lowest BCUT2D eigenvalue weighted by molar-refractivity contribution is -0.153. The first-order chi connectivity index (χ1) is 25.3. The van der Waals surface area contributed by atoms with Crippen LogP contribution in [0.3, 0.4) is 0 Å². The van der Waals surface area contributed by atoms with Gasteiger partial charge in [-0.05, 0) is 74.0 Å². The third kappa shape index (κ3) is 7.41. The molecule has 2 aromatic rings. The molecule has 14 heteroatoms. The smallest absolute Gasteiger partial charge is 0.290 e. The summed E-state index contributed by atoms with van der Waals surface area (Å²) in [5.41, 5.74) is -0.591. The second kappa shape index (κ2) is 15.3. The number of nitrogens with one attached hydrogen (secondary N) is 4.